The second-order valence-electron chi connectivity index (χ2n) is 6.84. The van der Waals surface area contributed by atoms with Gasteiger partial charge in [-0.05, 0) is 52.0 Å². The molecule has 162 valence electrons. The number of carboxylic acid groups (broad SMARTS) is 2. The molecule has 0 aliphatic carbocycles. The van der Waals surface area contributed by atoms with Gasteiger partial charge in [-0.1, -0.05) is 0 Å². The standard InChI is InChI=1S/C18H29N3O2.C2H2O4/c1-14(2)21(15(3)4)10-9-20-12-17(22)13-23-18-7-5-16(11-19)6-8-18;3-1(4)2(5)6/h5-8,14-15,17,20,22H,9-10,12-13H2,1-4H3;(H,3,4)(H,5,6). The predicted octanol–water partition coefficient (Wildman–Crippen LogP) is 1.16. The van der Waals surface area contributed by atoms with Gasteiger partial charge in [0.1, 0.15) is 18.5 Å². The van der Waals surface area contributed by atoms with E-state index < -0.39 is 18.0 Å². The van der Waals surface area contributed by atoms with Crippen molar-refractivity contribution >= 4 is 11.9 Å². The molecule has 0 fully saturated rings. The number of nitrogens with one attached hydrogen (secondary N) is 1. The molecule has 0 aromatic heterocycles. The van der Waals surface area contributed by atoms with Crippen molar-refractivity contribution in [2.75, 3.05) is 26.2 Å². The molecule has 0 amide bonds. The van der Waals surface area contributed by atoms with Crippen LogP contribution in [0, 0.1) is 11.3 Å². The minimum absolute atomic E-state index is 0.233. The van der Waals surface area contributed by atoms with Gasteiger partial charge < -0.3 is 25.4 Å². The van der Waals surface area contributed by atoms with Gasteiger partial charge in [0.05, 0.1) is 11.6 Å². The number of nitriles is 1. The van der Waals surface area contributed by atoms with Crippen LogP contribution >= 0.6 is 0 Å². The number of carbonyl (C=O) groups is 2. The Morgan fingerprint density at radius 2 is 1.62 bits per heavy atom. The third kappa shape index (κ3) is 12.4. The van der Waals surface area contributed by atoms with Gasteiger partial charge in [-0.3, -0.25) is 4.90 Å². The van der Waals surface area contributed by atoms with E-state index in [0.717, 1.165) is 13.1 Å². The molecule has 0 spiro atoms. The lowest BCUT2D eigenvalue weighted by atomic mass is 10.2. The molecular weight excluding hydrogens is 378 g/mol. The lowest BCUT2D eigenvalue weighted by Crippen LogP contribution is -2.43. The van der Waals surface area contributed by atoms with Crippen LogP contribution in [-0.4, -0.2) is 76.6 Å². The van der Waals surface area contributed by atoms with Crippen LogP contribution in [0.3, 0.4) is 0 Å². The van der Waals surface area contributed by atoms with E-state index in [9.17, 15) is 5.11 Å². The van der Waals surface area contributed by atoms with Crippen LogP contribution in [0.2, 0.25) is 0 Å². The van der Waals surface area contributed by atoms with Gasteiger partial charge in [0.25, 0.3) is 0 Å². The van der Waals surface area contributed by atoms with E-state index in [0.29, 0.717) is 29.9 Å². The Morgan fingerprint density at radius 1 is 1.10 bits per heavy atom. The molecule has 0 bridgehead atoms. The third-order valence-corrected chi connectivity index (χ3v) is 3.86. The van der Waals surface area contributed by atoms with Crippen molar-refractivity contribution in [2.24, 2.45) is 0 Å². The van der Waals surface area contributed by atoms with E-state index in [1.807, 2.05) is 0 Å². The van der Waals surface area contributed by atoms with E-state index >= 15 is 0 Å². The average molecular weight is 409 g/mol. The molecule has 9 heteroatoms. The van der Waals surface area contributed by atoms with Crippen molar-refractivity contribution < 1.29 is 29.6 Å². The maximum absolute atomic E-state index is 9.94. The molecule has 1 rings (SSSR count). The van der Waals surface area contributed by atoms with Gasteiger partial charge in [0.15, 0.2) is 0 Å². The zero-order valence-electron chi connectivity index (χ0n) is 17.3. The van der Waals surface area contributed by atoms with Crippen LogP contribution in [0.1, 0.15) is 33.3 Å². The Balaban J connectivity index is 0.00000113. The molecule has 0 radical (unpaired) electrons. The molecule has 1 aromatic rings. The van der Waals surface area contributed by atoms with Crippen molar-refractivity contribution in [1.29, 1.82) is 5.26 Å². The number of ether oxygens (including phenoxy) is 1. The molecule has 0 saturated heterocycles. The topological polar surface area (TPSA) is 143 Å². The highest BCUT2D eigenvalue weighted by molar-refractivity contribution is 6.27. The maximum Gasteiger partial charge on any atom is 0.414 e. The van der Waals surface area contributed by atoms with Crippen LogP contribution in [0.5, 0.6) is 5.75 Å². The number of hydrogen-bond donors (Lipinski definition) is 4. The van der Waals surface area contributed by atoms with E-state index in [-0.39, 0.29) is 6.61 Å². The summed E-state index contributed by atoms with van der Waals surface area (Å²) >= 11 is 0. The third-order valence-electron chi connectivity index (χ3n) is 3.86. The van der Waals surface area contributed by atoms with E-state index in [1.165, 1.54) is 0 Å². The van der Waals surface area contributed by atoms with Gasteiger partial charge in [-0.2, -0.15) is 5.26 Å². The van der Waals surface area contributed by atoms with Crippen molar-refractivity contribution in [1.82, 2.24) is 10.2 Å². The van der Waals surface area contributed by atoms with E-state index in [1.54, 1.807) is 24.3 Å². The minimum Gasteiger partial charge on any atom is -0.491 e. The summed E-state index contributed by atoms with van der Waals surface area (Å²) in [5.41, 5.74) is 0.597. The highest BCUT2D eigenvalue weighted by atomic mass is 16.5. The number of nitrogens with zero attached hydrogens (tertiary/aromatic N) is 2. The number of benzene rings is 1. The number of carboxylic acids is 2. The molecule has 0 aliphatic heterocycles. The molecule has 0 aliphatic rings. The van der Waals surface area contributed by atoms with Crippen molar-refractivity contribution in [3.63, 3.8) is 0 Å². The molecule has 1 unspecified atom stereocenters. The van der Waals surface area contributed by atoms with Crippen molar-refractivity contribution in [3.05, 3.63) is 29.8 Å². The first-order valence-corrected chi connectivity index (χ1v) is 9.32. The average Bonchev–Trinajstić information content (AvgIpc) is 2.66. The van der Waals surface area contributed by atoms with Gasteiger partial charge in [0.2, 0.25) is 0 Å². The Labute approximate surface area is 171 Å². The second kappa shape index (κ2) is 14.3. The quantitative estimate of drug-likeness (QED) is 0.330. The predicted molar refractivity (Wildman–Crippen MR) is 108 cm³/mol. The highest BCUT2D eigenvalue weighted by Crippen LogP contribution is 2.11. The van der Waals surface area contributed by atoms with Crippen LogP contribution in [0.4, 0.5) is 0 Å². The summed E-state index contributed by atoms with van der Waals surface area (Å²) in [7, 11) is 0. The number of rotatable bonds is 10. The van der Waals surface area contributed by atoms with Crippen molar-refractivity contribution in [3.8, 4) is 11.8 Å². The molecule has 9 nitrogen and oxygen atoms in total. The Bertz CT molecular complexity index is 635. The largest absolute Gasteiger partial charge is 0.491 e. The van der Waals surface area contributed by atoms with Gasteiger partial charge in [0, 0.05) is 31.7 Å². The lowest BCUT2D eigenvalue weighted by Gasteiger charge is -2.30. The van der Waals surface area contributed by atoms with Crippen LogP contribution in [-0.2, 0) is 9.59 Å². The van der Waals surface area contributed by atoms with Crippen LogP contribution in [0.25, 0.3) is 0 Å². The molecule has 0 saturated carbocycles. The number of aliphatic hydroxyl groups excluding tert-OH is 1. The number of aliphatic hydroxyl groups is 1. The fraction of sp³-hybridized carbons (Fsp3) is 0.550. The van der Waals surface area contributed by atoms with Gasteiger partial charge in [-0.25, -0.2) is 9.59 Å². The molecule has 1 aromatic carbocycles. The lowest BCUT2D eigenvalue weighted by molar-refractivity contribution is -0.159. The molecule has 29 heavy (non-hydrogen) atoms. The zero-order chi connectivity index (χ0) is 22.4. The number of hydrogen-bond acceptors (Lipinski definition) is 7. The van der Waals surface area contributed by atoms with Crippen molar-refractivity contribution in [2.45, 2.75) is 45.9 Å². The second-order valence-corrected chi connectivity index (χ2v) is 6.84. The monoisotopic (exact) mass is 409 g/mol. The summed E-state index contributed by atoms with van der Waals surface area (Å²) in [6.45, 7) is 11.3. The first-order valence-electron chi connectivity index (χ1n) is 9.32. The summed E-state index contributed by atoms with van der Waals surface area (Å²) in [5, 5.41) is 36.7. The molecular formula is C20H31N3O6. The van der Waals surface area contributed by atoms with Gasteiger partial charge >= 0.3 is 11.9 Å². The fourth-order valence-electron chi connectivity index (χ4n) is 2.47. The fourth-order valence-corrected chi connectivity index (χ4v) is 2.47. The van der Waals surface area contributed by atoms with E-state index in [2.05, 4.69) is 44.0 Å². The first kappa shape index (κ1) is 26.3. The Morgan fingerprint density at radius 3 is 2.03 bits per heavy atom. The normalized spacial score (nSPS) is 11.6. The summed E-state index contributed by atoms with van der Waals surface area (Å²) in [6.07, 6.45) is -0.558. The van der Waals surface area contributed by atoms with Crippen LogP contribution in [0.15, 0.2) is 24.3 Å². The molecule has 4 N–H and O–H groups in total. The minimum atomic E-state index is -1.82. The first-order chi connectivity index (χ1) is 13.6. The summed E-state index contributed by atoms with van der Waals surface area (Å²) < 4.78 is 5.51. The maximum atomic E-state index is 9.94. The SMILES string of the molecule is CC(C)N(CCNCC(O)COc1ccc(C#N)cc1)C(C)C.O=C(O)C(=O)O. The summed E-state index contributed by atoms with van der Waals surface area (Å²) in [4.78, 5) is 20.6. The van der Waals surface area contributed by atoms with Gasteiger partial charge in [-0.15, -0.1) is 0 Å². The molecule has 0 heterocycles. The number of aliphatic carboxylic acids is 2. The Hall–Kier alpha value is -2.67. The molecule has 1 atom stereocenters. The smallest absolute Gasteiger partial charge is 0.414 e. The Kier molecular flexibility index (Phi) is 13.0. The van der Waals surface area contributed by atoms with E-state index in [4.69, 9.17) is 29.8 Å². The summed E-state index contributed by atoms with van der Waals surface area (Å²) in [5.74, 6) is -2.99. The highest BCUT2D eigenvalue weighted by Gasteiger charge is 2.12. The van der Waals surface area contributed by atoms with Crippen LogP contribution < -0.4 is 10.1 Å². The zero-order valence-corrected chi connectivity index (χ0v) is 17.3. The summed E-state index contributed by atoms with van der Waals surface area (Å²) in [6, 6.07) is 9.97.